The summed E-state index contributed by atoms with van der Waals surface area (Å²) in [4.78, 5) is 4.09. The topological polar surface area (TPSA) is 96.6 Å². The Bertz CT molecular complexity index is 331. The van der Waals surface area contributed by atoms with E-state index in [9.17, 15) is 8.42 Å². The number of hydrogen-bond donors (Lipinski definition) is 3. The van der Waals surface area contributed by atoms with E-state index in [2.05, 4.69) is 28.9 Å². The van der Waals surface area contributed by atoms with Crippen molar-refractivity contribution in [2.24, 2.45) is 16.6 Å². The highest BCUT2D eigenvalue weighted by atomic mass is 127. The zero-order chi connectivity index (χ0) is 13.3. The number of hydrogen-bond acceptors (Lipinski definition) is 3. The monoisotopic (exact) mass is 392 g/mol. The average Bonchev–Trinajstić information content (AvgIpc) is 2.14. The van der Waals surface area contributed by atoms with Crippen LogP contribution in [0.5, 0.6) is 0 Å². The summed E-state index contributed by atoms with van der Waals surface area (Å²) in [5.74, 6) is 1.05. The third kappa shape index (κ3) is 15.9. The Hall–Kier alpha value is -0.0900. The van der Waals surface area contributed by atoms with Crippen molar-refractivity contribution in [3.8, 4) is 0 Å². The number of sulfonamides is 1. The first-order chi connectivity index (χ1) is 7.81. The van der Waals surface area contributed by atoms with Gasteiger partial charge in [0.15, 0.2) is 5.96 Å². The maximum Gasteiger partial charge on any atom is 0.208 e. The second kappa shape index (κ2) is 10.8. The molecule has 0 fully saturated rings. The van der Waals surface area contributed by atoms with Gasteiger partial charge in [0.1, 0.15) is 0 Å². The van der Waals surface area contributed by atoms with Crippen LogP contribution in [0.1, 0.15) is 26.7 Å². The predicted octanol–water partition coefficient (Wildman–Crippen LogP) is 0.494. The van der Waals surface area contributed by atoms with Crippen LogP contribution >= 0.6 is 24.0 Å². The van der Waals surface area contributed by atoms with Crippen LogP contribution in [0.2, 0.25) is 0 Å². The lowest BCUT2D eigenvalue weighted by atomic mass is 10.1. The number of nitrogens with zero attached hydrogens (tertiary/aromatic N) is 1. The van der Waals surface area contributed by atoms with Gasteiger partial charge in [-0.3, -0.25) is 4.99 Å². The van der Waals surface area contributed by atoms with Crippen molar-refractivity contribution < 1.29 is 8.42 Å². The molecule has 6 nitrogen and oxygen atoms in total. The molecule has 0 aliphatic heterocycles. The van der Waals surface area contributed by atoms with Gasteiger partial charge in [0, 0.05) is 19.6 Å². The highest BCUT2D eigenvalue weighted by Gasteiger charge is 1.98. The summed E-state index contributed by atoms with van der Waals surface area (Å²) >= 11 is 0. The molecule has 0 rings (SSSR count). The van der Waals surface area contributed by atoms with E-state index < -0.39 is 10.0 Å². The van der Waals surface area contributed by atoms with Crippen LogP contribution in [-0.2, 0) is 10.0 Å². The Morgan fingerprint density at radius 1 is 1.33 bits per heavy atom. The maximum absolute atomic E-state index is 10.7. The molecule has 0 bridgehead atoms. The average molecular weight is 392 g/mol. The Morgan fingerprint density at radius 3 is 2.44 bits per heavy atom. The Morgan fingerprint density at radius 2 is 1.94 bits per heavy atom. The summed E-state index contributed by atoms with van der Waals surface area (Å²) in [6.45, 7) is 6.01. The van der Waals surface area contributed by atoms with E-state index in [0.29, 0.717) is 31.4 Å². The van der Waals surface area contributed by atoms with Crippen LogP contribution in [0.3, 0.4) is 0 Å². The fraction of sp³-hybridized carbons (Fsp3) is 0.900. The fourth-order valence-corrected chi connectivity index (χ4v) is 1.60. The number of guanidine groups is 1. The van der Waals surface area contributed by atoms with Crippen LogP contribution in [0.15, 0.2) is 4.99 Å². The van der Waals surface area contributed by atoms with Crippen LogP contribution in [-0.4, -0.2) is 40.3 Å². The summed E-state index contributed by atoms with van der Waals surface area (Å²) in [6.07, 6.45) is 2.82. The third-order valence-electron chi connectivity index (χ3n) is 2.01. The highest BCUT2D eigenvalue weighted by Crippen LogP contribution is 1.95. The van der Waals surface area contributed by atoms with E-state index in [1.807, 2.05) is 0 Å². The lowest BCUT2D eigenvalue weighted by molar-refractivity contribution is 0.576. The van der Waals surface area contributed by atoms with Gasteiger partial charge < -0.3 is 11.1 Å². The minimum absolute atomic E-state index is 0. The van der Waals surface area contributed by atoms with E-state index in [0.717, 1.165) is 19.2 Å². The molecule has 0 spiro atoms. The largest absolute Gasteiger partial charge is 0.370 e. The van der Waals surface area contributed by atoms with Gasteiger partial charge in [-0.05, 0) is 18.8 Å². The summed E-state index contributed by atoms with van der Waals surface area (Å²) < 4.78 is 23.9. The van der Waals surface area contributed by atoms with Gasteiger partial charge in [-0.2, -0.15) is 0 Å². The zero-order valence-electron chi connectivity index (χ0n) is 11.3. The summed E-state index contributed by atoms with van der Waals surface area (Å²) in [5, 5.41) is 3.01. The Balaban J connectivity index is 0. The van der Waals surface area contributed by atoms with E-state index in [1.54, 1.807) is 0 Å². The molecule has 0 aliphatic rings. The Labute approximate surface area is 127 Å². The molecule has 0 aliphatic carbocycles. The van der Waals surface area contributed by atoms with Gasteiger partial charge in [0.2, 0.25) is 10.0 Å². The quantitative estimate of drug-likeness (QED) is 0.243. The van der Waals surface area contributed by atoms with Crippen molar-refractivity contribution in [3.63, 3.8) is 0 Å². The van der Waals surface area contributed by atoms with E-state index >= 15 is 0 Å². The molecule has 0 aromatic rings. The number of rotatable bonds is 8. The second-order valence-corrected chi connectivity index (χ2v) is 6.23. The van der Waals surface area contributed by atoms with Gasteiger partial charge in [-0.1, -0.05) is 13.8 Å². The predicted molar refractivity (Wildman–Crippen MR) is 86.8 cm³/mol. The maximum atomic E-state index is 10.7. The van der Waals surface area contributed by atoms with Crippen molar-refractivity contribution in [2.45, 2.75) is 26.7 Å². The molecule has 0 atom stereocenters. The number of nitrogens with one attached hydrogen (secondary N) is 2. The van der Waals surface area contributed by atoms with Gasteiger partial charge in [-0.15, -0.1) is 24.0 Å². The molecule has 0 amide bonds. The third-order valence-corrected chi connectivity index (χ3v) is 2.74. The zero-order valence-corrected chi connectivity index (χ0v) is 14.4. The molecule has 0 aromatic heterocycles. The fourth-order valence-electron chi connectivity index (χ4n) is 1.08. The molecule has 18 heavy (non-hydrogen) atoms. The molecule has 0 radical (unpaired) electrons. The van der Waals surface area contributed by atoms with Gasteiger partial charge in [0.25, 0.3) is 0 Å². The molecule has 0 saturated heterocycles. The molecule has 0 unspecified atom stereocenters. The van der Waals surface area contributed by atoms with Gasteiger partial charge >= 0.3 is 0 Å². The van der Waals surface area contributed by atoms with Crippen LogP contribution in [0.25, 0.3) is 0 Å². The second-order valence-electron chi connectivity index (χ2n) is 4.40. The molecule has 0 aromatic carbocycles. The van der Waals surface area contributed by atoms with Crippen LogP contribution in [0.4, 0.5) is 0 Å². The smallest absolute Gasteiger partial charge is 0.208 e. The lowest BCUT2D eigenvalue weighted by Crippen LogP contribution is -2.33. The van der Waals surface area contributed by atoms with Crippen molar-refractivity contribution in [1.82, 2.24) is 10.0 Å². The molecule has 110 valence electrons. The molecule has 0 saturated carbocycles. The van der Waals surface area contributed by atoms with Crippen molar-refractivity contribution in [2.75, 3.05) is 25.9 Å². The SMILES string of the molecule is CC(C)CCNC(N)=NCCCNS(C)(=O)=O.I. The number of halogens is 1. The standard InChI is InChI=1S/C10H24N4O2S.HI/c1-9(2)5-8-13-10(11)12-6-4-7-14-17(3,15)16;/h9,14H,4-8H2,1-3H3,(H3,11,12,13);1H. The lowest BCUT2D eigenvalue weighted by Gasteiger charge is -2.07. The van der Waals surface area contributed by atoms with E-state index in [1.165, 1.54) is 0 Å². The first-order valence-corrected chi connectivity index (χ1v) is 7.69. The van der Waals surface area contributed by atoms with Crippen molar-refractivity contribution in [3.05, 3.63) is 0 Å². The van der Waals surface area contributed by atoms with Crippen LogP contribution in [0, 0.1) is 5.92 Å². The van der Waals surface area contributed by atoms with Crippen molar-refractivity contribution >= 4 is 40.0 Å². The Kier molecular flexibility index (Phi) is 12.1. The van der Waals surface area contributed by atoms with Gasteiger partial charge in [0.05, 0.1) is 6.26 Å². The molecular formula is C10H25IN4O2S. The summed E-state index contributed by atoms with van der Waals surface area (Å²) in [7, 11) is -3.09. The minimum atomic E-state index is -3.09. The molecule has 8 heteroatoms. The first-order valence-electron chi connectivity index (χ1n) is 5.79. The summed E-state index contributed by atoms with van der Waals surface area (Å²) in [6, 6.07) is 0. The van der Waals surface area contributed by atoms with Gasteiger partial charge in [-0.25, -0.2) is 13.1 Å². The molecular weight excluding hydrogens is 367 g/mol. The molecule has 4 N–H and O–H groups in total. The van der Waals surface area contributed by atoms with Crippen molar-refractivity contribution in [1.29, 1.82) is 0 Å². The van der Waals surface area contributed by atoms with E-state index in [4.69, 9.17) is 5.73 Å². The first kappa shape index (κ1) is 20.2. The molecule has 0 heterocycles. The number of nitrogens with two attached hydrogens (primary N) is 1. The van der Waals surface area contributed by atoms with E-state index in [-0.39, 0.29) is 24.0 Å². The minimum Gasteiger partial charge on any atom is -0.370 e. The summed E-state index contributed by atoms with van der Waals surface area (Å²) in [5.41, 5.74) is 5.63. The highest BCUT2D eigenvalue weighted by molar-refractivity contribution is 14.0. The number of aliphatic imine (C=N–C) groups is 1. The van der Waals surface area contributed by atoms with Crippen LogP contribution < -0.4 is 15.8 Å². The normalized spacial score (nSPS) is 12.3.